The van der Waals surface area contributed by atoms with Crippen LogP contribution in [0.15, 0.2) is 85.2 Å². The molecular formula is C40H38Cl3N5O7. The van der Waals surface area contributed by atoms with Crippen molar-refractivity contribution in [2.45, 2.75) is 32.2 Å². The number of ether oxygens (including phenoxy) is 3. The van der Waals surface area contributed by atoms with E-state index in [0.717, 1.165) is 16.7 Å². The molecule has 0 saturated heterocycles. The number of hydrogen-bond donors (Lipinski definition) is 5. The summed E-state index contributed by atoms with van der Waals surface area (Å²) in [7, 11) is 0. The van der Waals surface area contributed by atoms with Gasteiger partial charge in [0.2, 0.25) is 11.8 Å². The zero-order valence-electron chi connectivity index (χ0n) is 29.7. The first-order valence-corrected chi connectivity index (χ1v) is 18.2. The number of carboxylic acids is 1. The van der Waals surface area contributed by atoms with Crippen LogP contribution in [0.1, 0.15) is 29.2 Å². The Balaban J connectivity index is 1.36. The number of nitriles is 1. The maximum atomic E-state index is 11.8. The molecule has 2 aromatic heterocycles. The molecule has 5 N–H and O–H groups in total. The van der Waals surface area contributed by atoms with Crippen LogP contribution in [0, 0.1) is 11.3 Å². The molecule has 0 radical (unpaired) electrons. The first-order valence-electron chi connectivity index (χ1n) is 17.1. The fourth-order valence-corrected chi connectivity index (χ4v) is 6.15. The molecule has 5 rings (SSSR count). The van der Waals surface area contributed by atoms with Crippen LogP contribution in [0.2, 0.25) is 15.1 Å². The fraction of sp³-hybridized carbons (Fsp3) is 0.250. The zero-order valence-corrected chi connectivity index (χ0v) is 32.0. The summed E-state index contributed by atoms with van der Waals surface area (Å²) in [5.74, 6) is -0.425. The van der Waals surface area contributed by atoms with E-state index in [-0.39, 0.29) is 43.1 Å². The molecule has 286 valence electrons. The van der Waals surface area contributed by atoms with Crippen molar-refractivity contribution in [2.75, 3.05) is 32.9 Å². The Morgan fingerprint density at radius 2 is 1.56 bits per heavy atom. The standard InChI is InChI=1S/C40H38Cl3N5O7/c1-40(24-50,39(51)52)47-21-29-17-34(41)38(48-37(29)54-22-26-16-25(18-44)19-46-20-26)55-23-28-4-2-6-32(35(28)42)33-7-3-5-31(36(33)43)27-8-10-30(11-9-27)53-15-13-45-12-14-49/h2-11,16-17,19-20,45,47,49-50H,12-15,21-24H2,1H3,(H,51,52). The largest absolute Gasteiger partial charge is 0.492 e. The number of hydrogen-bond acceptors (Lipinski definition) is 11. The summed E-state index contributed by atoms with van der Waals surface area (Å²) in [4.78, 5) is 20.4. The van der Waals surface area contributed by atoms with Crippen LogP contribution in [0.3, 0.4) is 0 Å². The molecular weight excluding hydrogens is 769 g/mol. The predicted molar refractivity (Wildman–Crippen MR) is 210 cm³/mol. The number of carboxylic acid groups (broad SMARTS) is 1. The molecule has 0 aliphatic carbocycles. The van der Waals surface area contributed by atoms with Gasteiger partial charge < -0.3 is 34.8 Å². The highest BCUT2D eigenvalue weighted by Gasteiger charge is 2.32. The van der Waals surface area contributed by atoms with Crippen molar-refractivity contribution < 1.29 is 34.3 Å². The lowest BCUT2D eigenvalue weighted by Crippen LogP contribution is -2.52. The number of nitrogens with one attached hydrogen (secondary N) is 2. The summed E-state index contributed by atoms with van der Waals surface area (Å²) in [5, 5.41) is 44.5. The summed E-state index contributed by atoms with van der Waals surface area (Å²) < 4.78 is 17.9. The van der Waals surface area contributed by atoms with Crippen molar-refractivity contribution in [1.29, 1.82) is 5.26 Å². The minimum atomic E-state index is -1.65. The quantitative estimate of drug-likeness (QED) is 0.0560. The Morgan fingerprint density at radius 3 is 2.27 bits per heavy atom. The number of aromatic nitrogens is 2. The molecule has 0 aliphatic heterocycles. The molecule has 0 fully saturated rings. The third-order valence-electron chi connectivity index (χ3n) is 8.47. The van der Waals surface area contributed by atoms with Gasteiger partial charge in [-0.25, -0.2) is 0 Å². The van der Waals surface area contributed by atoms with Crippen LogP contribution < -0.4 is 24.8 Å². The minimum absolute atomic E-state index is 0.0186. The first-order chi connectivity index (χ1) is 26.6. The van der Waals surface area contributed by atoms with Gasteiger partial charge in [-0.15, -0.1) is 0 Å². The molecule has 3 aromatic carbocycles. The third kappa shape index (κ3) is 10.6. The lowest BCUT2D eigenvalue weighted by molar-refractivity contribution is -0.145. The average molecular weight is 807 g/mol. The van der Waals surface area contributed by atoms with Crippen LogP contribution in [0.5, 0.6) is 17.5 Å². The van der Waals surface area contributed by atoms with E-state index in [1.165, 1.54) is 19.2 Å². The third-order valence-corrected chi connectivity index (χ3v) is 9.60. The molecule has 0 saturated carbocycles. The van der Waals surface area contributed by atoms with Crippen LogP contribution in [0.25, 0.3) is 22.3 Å². The van der Waals surface area contributed by atoms with Gasteiger partial charge in [0, 0.05) is 65.4 Å². The topological polar surface area (TPSA) is 179 Å². The van der Waals surface area contributed by atoms with Crippen LogP contribution in [-0.2, 0) is 24.6 Å². The minimum Gasteiger partial charge on any atom is -0.492 e. The number of nitrogens with zero attached hydrogens (tertiary/aromatic N) is 3. The highest BCUT2D eigenvalue weighted by Crippen LogP contribution is 2.41. The average Bonchev–Trinajstić information content (AvgIpc) is 3.20. The monoisotopic (exact) mass is 805 g/mol. The number of aliphatic hydroxyl groups is 2. The normalized spacial score (nSPS) is 12.1. The number of benzene rings is 3. The van der Waals surface area contributed by atoms with Gasteiger partial charge in [0.05, 0.1) is 28.8 Å². The molecule has 0 amide bonds. The van der Waals surface area contributed by atoms with E-state index in [0.29, 0.717) is 63.3 Å². The number of aliphatic hydroxyl groups excluding tert-OH is 2. The van der Waals surface area contributed by atoms with E-state index in [1.807, 2.05) is 66.7 Å². The lowest BCUT2D eigenvalue weighted by Gasteiger charge is -2.24. The second-order valence-corrected chi connectivity index (χ2v) is 13.6. The second-order valence-electron chi connectivity index (χ2n) is 12.5. The molecule has 1 unspecified atom stereocenters. The number of carbonyl (C=O) groups is 1. The predicted octanol–water partition coefficient (Wildman–Crippen LogP) is 6.69. The fourth-order valence-electron chi connectivity index (χ4n) is 5.30. The Bertz CT molecular complexity index is 2150. The van der Waals surface area contributed by atoms with Crippen molar-refractivity contribution in [3.8, 4) is 45.8 Å². The lowest BCUT2D eigenvalue weighted by atomic mass is 9.97. The molecule has 12 nitrogen and oxygen atoms in total. The van der Waals surface area contributed by atoms with Gasteiger partial charge in [-0.05, 0) is 36.8 Å². The Morgan fingerprint density at radius 1 is 0.855 bits per heavy atom. The van der Waals surface area contributed by atoms with Gasteiger partial charge in [-0.1, -0.05) is 83.3 Å². The van der Waals surface area contributed by atoms with E-state index >= 15 is 0 Å². The number of rotatable bonds is 19. The van der Waals surface area contributed by atoms with Gasteiger partial charge in [-0.2, -0.15) is 10.2 Å². The summed E-state index contributed by atoms with van der Waals surface area (Å²) in [5.41, 5.74) is 3.43. The van der Waals surface area contributed by atoms with E-state index in [9.17, 15) is 20.3 Å². The number of aliphatic carboxylic acids is 1. The second kappa shape index (κ2) is 19.6. The highest BCUT2D eigenvalue weighted by molar-refractivity contribution is 6.38. The van der Waals surface area contributed by atoms with Gasteiger partial charge in [0.1, 0.15) is 42.2 Å². The van der Waals surface area contributed by atoms with E-state index in [2.05, 4.69) is 20.6 Å². The summed E-state index contributed by atoms with van der Waals surface area (Å²) in [6.45, 7) is 2.22. The summed E-state index contributed by atoms with van der Waals surface area (Å²) in [6.07, 6.45) is 2.97. The highest BCUT2D eigenvalue weighted by atomic mass is 35.5. The van der Waals surface area contributed by atoms with E-state index in [4.69, 9.17) is 54.1 Å². The van der Waals surface area contributed by atoms with Crippen molar-refractivity contribution in [1.82, 2.24) is 20.6 Å². The summed E-state index contributed by atoms with van der Waals surface area (Å²) >= 11 is 20.6. The maximum absolute atomic E-state index is 11.8. The molecule has 0 spiro atoms. The van der Waals surface area contributed by atoms with Crippen molar-refractivity contribution >= 4 is 40.8 Å². The van der Waals surface area contributed by atoms with Gasteiger partial charge in [0.25, 0.3) is 0 Å². The van der Waals surface area contributed by atoms with Crippen molar-refractivity contribution in [2.24, 2.45) is 0 Å². The van der Waals surface area contributed by atoms with Crippen LogP contribution >= 0.6 is 34.8 Å². The Kier molecular flexibility index (Phi) is 14.7. The molecule has 0 aliphatic rings. The van der Waals surface area contributed by atoms with Crippen molar-refractivity contribution in [3.63, 3.8) is 0 Å². The van der Waals surface area contributed by atoms with Gasteiger partial charge in [0.15, 0.2) is 0 Å². The molecule has 2 heterocycles. The van der Waals surface area contributed by atoms with Gasteiger partial charge in [-0.3, -0.25) is 15.1 Å². The van der Waals surface area contributed by atoms with Crippen LogP contribution in [-0.4, -0.2) is 69.7 Å². The maximum Gasteiger partial charge on any atom is 0.326 e. The summed E-state index contributed by atoms with van der Waals surface area (Å²) in [6, 6.07) is 24.0. The number of pyridine rings is 2. The zero-order chi connectivity index (χ0) is 39.4. The first kappa shape index (κ1) is 41.2. The molecule has 0 bridgehead atoms. The molecule has 55 heavy (non-hydrogen) atoms. The molecule has 5 aromatic rings. The van der Waals surface area contributed by atoms with E-state index in [1.54, 1.807) is 12.3 Å². The smallest absolute Gasteiger partial charge is 0.326 e. The van der Waals surface area contributed by atoms with Crippen LogP contribution in [0.4, 0.5) is 0 Å². The Hall–Kier alpha value is -4.97. The SMILES string of the molecule is CC(CO)(NCc1cc(Cl)c(OCc2cccc(-c3cccc(-c4ccc(OCCNCCO)cc4)c3Cl)c2Cl)nc1OCc1cncc(C#N)c1)C(=O)O. The molecule has 15 heteroatoms. The molecule has 1 atom stereocenters. The number of halogens is 3. The van der Waals surface area contributed by atoms with Gasteiger partial charge >= 0.3 is 5.97 Å². The Labute approximate surface area is 333 Å². The van der Waals surface area contributed by atoms with E-state index < -0.39 is 18.1 Å². The van der Waals surface area contributed by atoms with Crippen molar-refractivity contribution in [3.05, 3.63) is 123 Å².